The lowest BCUT2D eigenvalue weighted by molar-refractivity contribution is -0.00546. The van der Waals surface area contributed by atoms with Crippen molar-refractivity contribution in [2.75, 3.05) is 37.7 Å². The number of anilines is 1. The second-order valence-electron chi connectivity index (χ2n) is 6.51. The Morgan fingerprint density at radius 2 is 2.13 bits per heavy atom. The largest absolute Gasteiger partial charge is 0.381 e. The van der Waals surface area contributed by atoms with Crippen molar-refractivity contribution in [1.82, 2.24) is 10.3 Å². The Kier molecular flexibility index (Phi) is 5.13. The highest BCUT2D eigenvalue weighted by Gasteiger charge is 2.23. The van der Waals surface area contributed by atoms with Crippen LogP contribution in [0.3, 0.4) is 0 Å². The molecule has 1 aromatic heterocycles. The molecule has 3 heterocycles. The van der Waals surface area contributed by atoms with Crippen LogP contribution >= 0.6 is 0 Å². The van der Waals surface area contributed by atoms with Crippen molar-refractivity contribution in [3.05, 3.63) is 23.9 Å². The molecule has 1 amide bonds. The number of amides is 1. The molecule has 2 aliphatic heterocycles. The molecule has 6 heteroatoms. The van der Waals surface area contributed by atoms with E-state index < -0.39 is 0 Å². The maximum atomic E-state index is 12.2. The monoisotopic (exact) mass is 319 g/mol. The lowest BCUT2D eigenvalue weighted by Gasteiger charge is -2.36. The third kappa shape index (κ3) is 4.20. The zero-order chi connectivity index (χ0) is 16.2. The summed E-state index contributed by atoms with van der Waals surface area (Å²) in [6.07, 6.45) is 3.06. The fourth-order valence-corrected chi connectivity index (χ4v) is 3.16. The van der Waals surface area contributed by atoms with Crippen LogP contribution in [0.2, 0.25) is 0 Å². The first-order valence-electron chi connectivity index (χ1n) is 8.34. The molecule has 2 aliphatic rings. The van der Waals surface area contributed by atoms with Crippen LogP contribution < -0.4 is 10.2 Å². The molecule has 1 aromatic rings. The van der Waals surface area contributed by atoms with Crippen LogP contribution in [0.15, 0.2) is 18.3 Å². The van der Waals surface area contributed by atoms with Crippen LogP contribution in [0.25, 0.3) is 0 Å². The Bertz CT molecular complexity index is 518. The van der Waals surface area contributed by atoms with Crippen LogP contribution in [-0.2, 0) is 9.47 Å². The summed E-state index contributed by atoms with van der Waals surface area (Å²) in [6, 6.07) is 3.76. The standard InChI is InChI=1S/C17H25N3O3/c1-12-9-20(10-13(2)23-12)16-4-3-15(8-18-16)17(21)19-7-14-5-6-22-11-14/h3-4,8,12-14H,5-7,9-11H2,1-2H3,(H,19,21)/t12-,13+,14-/m1/s1. The van der Waals surface area contributed by atoms with Crippen molar-refractivity contribution >= 4 is 11.7 Å². The number of hydrogen-bond acceptors (Lipinski definition) is 5. The Balaban J connectivity index is 1.56. The first-order chi connectivity index (χ1) is 11.1. The molecule has 3 rings (SSSR count). The van der Waals surface area contributed by atoms with Gasteiger partial charge in [0.25, 0.3) is 5.91 Å². The van der Waals surface area contributed by atoms with Gasteiger partial charge in [0.15, 0.2) is 0 Å². The van der Waals surface area contributed by atoms with Crippen LogP contribution in [0.4, 0.5) is 5.82 Å². The van der Waals surface area contributed by atoms with Gasteiger partial charge in [-0.3, -0.25) is 4.79 Å². The Labute approximate surface area is 137 Å². The Morgan fingerprint density at radius 1 is 1.35 bits per heavy atom. The number of hydrogen-bond donors (Lipinski definition) is 1. The third-order valence-corrected chi connectivity index (χ3v) is 4.33. The molecule has 6 nitrogen and oxygen atoms in total. The summed E-state index contributed by atoms with van der Waals surface area (Å²) in [5.74, 6) is 1.26. The predicted molar refractivity (Wildman–Crippen MR) is 87.7 cm³/mol. The number of morpholine rings is 1. The Morgan fingerprint density at radius 3 is 2.74 bits per heavy atom. The maximum Gasteiger partial charge on any atom is 0.252 e. The summed E-state index contributed by atoms with van der Waals surface area (Å²) >= 11 is 0. The van der Waals surface area contributed by atoms with Gasteiger partial charge in [-0.25, -0.2) is 4.98 Å². The first kappa shape index (κ1) is 16.2. The average Bonchev–Trinajstić information content (AvgIpc) is 3.05. The molecular formula is C17H25N3O3. The van der Waals surface area contributed by atoms with Crippen molar-refractivity contribution in [2.45, 2.75) is 32.5 Å². The van der Waals surface area contributed by atoms with E-state index in [0.717, 1.165) is 38.5 Å². The lowest BCUT2D eigenvalue weighted by atomic mass is 10.1. The molecule has 2 saturated heterocycles. The van der Waals surface area contributed by atoms with Gasteiger partial charge in [-0.2, -0.15) is 0 Å². The van der Waals surface area contributed by atoms with Crippen molar-refractivity contribution in [3.63, 3.8) is 0 Å². The van der Waals surface area contributed by atoms with E-state index in [1.165, 1.54) is 0 Å². The maximum absolute atomic E-state index is 12.2. The second-order valence-corrected chi connectivity index (χ2v) is 6.51. The molecule has 0 saturated carbocycles. The SMILES string of the molecule is C[C@@H]1CN(c2ccc(C(=O)NC[C@H]3CCOC3)cn2)C[C@H](C)O1. The van der Waals surface area contributed by atoms with Gasteiger partial charge in [0.05, 0.1) is 24.4 Å². The molecule has 0 bridgehead atoms. The average molecular weight is 319 g/mol. The summed E-state index contributed by atoms with van der Waals surface area (Å²) < 4.78 is 11.1. The molecular weight excluding hydrogens is 294 g/mol. The van der Waals surface area contributed by atoms with Gasteiger partial charge in [-0.1, -0.05) is 0 Å². The van der Waals surface area contributed by atoms with Crippen LogP contribution in [-0.4, -0.2) is 55.9 Å². The topological polar surface area (TPSA) is 63.7 Å². The van der Waals surface area contributed by atoms with Gasteiger partial charge in [0, 0.05) is 38.4 Å². The molecule has 0 spiro atoms. The number of carbonyl (C=O) groups excluding carboxylic acids is 1. The molecule has 23 heavy (non-hydrogen) atoms. The summed E-state index contributed by atoms with van der Waals surface area (Å²) in [7, 11) is 0. The van der Waals surface area contributed by atoms with Gasteiger partial charge in [-0.05, 0) is 32.4 Å². The molecule has 0 unspecified atom stereocenters. The number of aromatic nitrogens is 1. The van der Waals surface area contributed by atoms with Crippen molar-refractivity contribution in [3.8, 4) is 0 Å². The smallest absolute Gasteiger partial charge is 0.252 e. The quantitative estimate of drug-likeness (QED) is 0.910. The highest BCUT2D eigenvalue weighted by molar-refractivity contribution is 5.94. The molecule has 3 atom stereocenters. The van der Waals surface area contributed by atoms with Crippen molar-refractivity contribution in [1.29, 1.82) is 0 Å². The first-order valence-corrected chi connectivity index (χ1v) is 8.34. The van der Waals surface area contributed by atoms with Crippen LogP contribution in [0.5, 0.6) is 0 Å². The highest BCUT2D eigenvalue weighted by atomic mass is 16.5. The fraction of sp³-hybridized carbons (Fsp3) is 0.647. The Hall–Kier alpha value is -1.66. The number of nitrogens with zero attached hydrogens (tertiary/aromatic N) is 2. The zero-order valence-corrected chi connectivity index (χ0v) is 13.8. The van der Waals surface area contributed by atoms with E-state index in [0.29, 0.717) is 18.0 Å². The molecule has 1 N–H and O–H groups in total. The number of carbonyl (C=O) groups is 1. The van der Waals surface area contributed by atoms with E-state index in [9.17, 15) is 4.79 Å². The van der Waals surface area contributed by atoms with E-state index in [-0.39, 0.29) is 18.1 Å². The minimum atomic E-state index is -0.0698. The van der Waals surface area contributed by atoms with Crippen molar-refractivity contribution in [2.24, 2.45) is 5.92 Å². The highest BCUT2D eigenvalue weighted by Crippen LogP contribution is 2.18. The predicted octanol–water partition coefficient (Wildman–Crippen LogP) is 1.46. The fourth-order valence-electron chi connectivity index (χ4n) is 3.16. The molecule has 0 aliphatic carbocycles. The summed E-state index contributed by atoms with van der Waals surface area (Å²) in [5.41, 5.74) is 0.599. The lowest BCUT2D eigenvalue weighted by Crippen LogP contribution is -2.45. The minimum absolute atomic E-state index is 0.0698. The normalized spacial score (nSPS) is 27.9. The molecule has 2 fully saturated rings. The third-order valence-electron chi connectivity index (χ3n) is 4.33. The van der Waals surface area contributed by atoms with E-state index in [4.69, 9.17) is 9.47 Å². The molecule has 0 radical (unpaired) electrons. The van der Waals surface area contributed by atoms with E-state index >= 15 is 0 Å². The van der Waals surface area contributed by atoms with Gasteiger partial charge in [-0.15, -0.1) is 0 Å². The van der Waals surface area contributed by atoms with E-state index in [1.807, 2.05) is 12.1 Å². The van der Waals surface area contributed by atoms with E-state index in [2.05, 4.69) is 29.0 Å². The summed E-state index contributed by atoms with van der Waals surface area (Å²) in [4.78, 5) is 18.8. The number of ether oxygens (including phenoxy) is 2. The zero-order valence-electron chi connectivity index (χ0n) is 13.8. The van der Waals surface area contributed by atoms with Crippen molar-refractivity contribution < 1.29 is 14.3 Å². The number of rotatable bonds is 4. The molecule has 0 aromatic carbocycles. The van der Waals surface area contributed by atoms with Gasteiger partial charge in [0.2, 0.25) is 0 Å². The second kappa shape index (κ2) is 7.27. The van der Waals surface area contributed by atoms with Crippen LogP contribution in [0.1, 0.15) is 30.6 Å². The number of nitrogens with one attached hydrogen (secondary N) is 1. The summed E-state index contributed by atoms with van der Waals surface area (Å²) in [5, 5.41) is 2.96. The summed E-state index contributed by atoms with van der Waals surface area (Å²) in [6.45, 7) is 7.99. The number of pyridine rings is 1. The van der Waals surface area contributed by atoms with Gasteiger partial charge >= 0.3 is 0 Å². The van der Waals surface area contributed by atoms with Gasteiger partial charge in [0.1, 0.15) is 5.82 Å². The van der Waals surface area contributed by atoms with Gasteiger partial charge < -0.3 is 19.7 Å². The minimum Gasteiger partial charge on any atom is -0.381 e. The molecule has 126 valence electrons. The van der Waals surface area contributed by atoms with E-state index in [1.54, 1.807) is 6.20 Å². The van der Waals surface area contributed by atoms with Crippen LogP contribution in [0, 0.1) is 5.92 Å².